The van der Waals surface area contributed by atoms with E-state index in [2.05, 4.69) is 33.9 Å². The van der Waals surface area contributed by atoms with Gasteiger partial charge in [-0.2, -0.15) is 0 Å². The Balaban J connectivity index is 2.02. The van der Waals surface area contributed by atoms with Crippen LogP contribution in [0.25, 0.3) is 0 Å². The number of carbonyl (C=O) groups is 2. The monoisotopic (exact) mass is 391 g/mol. The quantitative estimate of drug-likeness (QED) is 0.448. The first kappa shape index (κ1) is 19.9. The smallest absolute Gasteiger partial charge is 0.320 e. The molecular formula is C20H29NO5Si. The zero-order valence-corrected chi connectivity index (χ0v) is 18.2. The van der Waals surface area contributed by atoms with Crippen molar-refractivity contribution in [2.75, 3.05) is 19.1 Å². The molecule has 0 saturated carbocycles. The molecule has 2 aliphatic rings. The summed E-state index contributed by atoms with van der Waals surface area (Å²) >= 11 is 0. The van der Waals surface area contributed by atoms with Gasteiger partial charge in [0, 0.05) is 6.07 Å². The van der Waals surface area contributed by atoms with Crippen LogP contribution < -0.4 is 9.64 Å². The average Bonchev–Trinajstić information content (AvgIpc) is 3.08. The van der Waals surface area contributed by atoms with E-state index in [1.54, 1.807) is 12.0 Å². The Labute approximate surface area is 161 Å². The number of methoxy groups -OCH3 is 2. The lowest BCUT2D eigenvalue weighted by molar-refractivity contribution is -0.151. The Morgan fingerprint density at radius 2 is 1.89 bits per heavy atom. The van der Waals surface area contributed by atoms with Gasteiger partial charge in [0.05, 0.1) is 32.1 Å². The Hall–Kier alpha value is -1.86. The summed E-state index contributed by atoms with van der Waals surface area (Å²) in [6.45, 7) is 10.7. The highest BCUT2D eigenvalue weighted by Crippen LogP contribution is 2.46. The van der Waals surface area contributed by atoms with Crippen molar-refractivity contribution in [3.63, 3.8) is 0 Å². The van der Waals surface area contributed by atoms with Gasteiger partial charge in [0.1, 0.15) is 5.75 Å². The van der Waals surface area contributed by atoms with E-state index in [0.29, 0.717) is 12.2 Å². The molecule has 0 N–H and O–H groups in total. The molecule has 3 rings (SSSR count). The number of benzene rings is 1. The van der Waals surface area contributed by atoms with Crippen LogP contribution in [0.15, 0.2) is 18.2 Å². The van der Waals surface area contributed by atoms with Crippen LogP contribution in [0, 0.1) is 5.92 Å². The Morgan fingerprint density at radius 3 is 2.44 bits per heavy atom. The highest BCUT2D eigenvalue weighted by Gasteiger charge is 2.58. The summed E-state index contributed by atoms with van der Waals surface area (Å²) in [5.41, 5.74) is 1.88. The lowest BCUT2D eigenvalue weighted by Crippen LogP contribution is -2.49. The van der Waals surface area contributed by atoms with Crippen LogP contribution in [0.1, 0.15) is 26.3 Å². The molecule has 1 amide bonds. The van der Waals surface area contributed by atoms with Crippen LogP contribution in [0.4, 0.5) is 5.69 Å². The first-order chi connectivity index (χ1) is 12.5. The van der Waals surface area contributed by atoms with Gasteiger partial charge in [-0.05, 0) is 36.2 Å². The van der Waals surface area contributed by atoms with E-state index in [-0.39, 0.29) is 17.0 Å². The largest absolute Gasteiger partial charge is 0.497 e. The van der Waals surface area contributed by atoms with Crippen LogP contribution in [0.5, 0.6) is 5.75 Å². The van der Waals surface area contributed by atoms with Crippen molar-refractivity contribution in [1.29, 1.82) is 0 Å². The third kappa shape index (κ3) is 3.16. The minimum Gasteiger partial charge on any atom is -0.497 e. The second-order valence-corrected chi connectivity index (χ2v) is 13.6. The van der Waals surface area contributed by atoms with Gasteiger partial charge in [0.2, 0.25) is 5.91 Å². The number of ether oxygens (including phenoxy) is 2. The van der Waals surface area contributed by atoms with Crippen molar-refractivity contribution < 1.29 is 23.5 Å². The standard InChI is InChI=1S/C20H29NO5Si/c1-20(2,3)27(6,7)26-17-15-10-12-8-9-13(24-4)11-14(12)21(15)18(22)16(17)19(23)25-5/h8-9,11,15-17H,10H2,1-7H3. The fraction of sp³-hybridized carbons (Fsp3) is 0.600. The number of carbonyl (C=O) groups excluding carboxylic acids is 2. The predicted molar refractivity (Wildman–Crippen MR) is 106 cm³/mol. The second-order valence-electron chi connectivity index (χ2n) is 8.82. The number of fused-ring (bicyclic) bond motifs is 3. The minimum atomic E-state index is -2.19. The van der Waals surface area contributed by atoms with Crippen molar-refractivity contribution in [1.82, 2.24) is 0 Å². The molecule has 0 aromatic heterocycles. The van der Waals surface area contributed by atoms with Crippen LogP contribution in [-0.2, 0) is 25.2 Å². The number of amides is 1. The maximum absolute atomic E-state index is 13.2. The highest BCUT2D eigenvalue weighted by molar-refractivity contribution is 6.74. The van der Waals surface area contributed by atoms with Crippen molar-refractivity contribution in [2.24, 2.45) is 5.92 Å². The van der Waals surface area contributed by atoms with E-state index < -0.39 is 26.3 Å². The summed E-state index contributed by atoms with van der Waals surface area (Å²) < 4.78 is 16.9. The highest BCUT2D eigenvalue weighted by atomic mass is 28.4. The Kier molecular flexibility index (Phi) is 4.89. The molecule has 0 radical (unpaired) electrons. The summed E-state index contributed by atoms with van der Waals surface area (Å²) in [5, 5.41) is -0.0290. The molecule has 148 valence electrons. The van der Waals surface area contributed by atoms with Crippen LogP contribution in [0.2, 0.25) is 18.1 Å². The first-order valence-electron chi connectivity index (χ1n) is 9.27. The molecule has 1 aromatic rings. The van der Waals surface area contributed by atoms with Gasteiger partial charge in [-0.25, -0.2) is 0 Å². The van der Waals surface area contributed by atoms with Gasteiger partial charge in [0.15, 0.2) is 14.2 Å². The summed E-state index contributed by atoms with van der Waals surface area (Å²) in [6.07, 6.45) is 0.155. The molecule has 0 aliphatic carbocycles. The van der Waals surface area contributed by atoms with E-state index in [1.165, 1.54) is 7.11 Å². The van der Waals surface area contributed by atoms with Gasteiger partial charge >= 0.3 is 5.97 Å². The van der Waals surface area contributed by atoms with E-state index in [4.69, 9.17) is 13.9 Å². The normalized spacial score (nSPS) is 24.6. The molecule has 6 nitrogen and oxygen atoms in total. The molecule has 0 spiro atoms. The van der Waals surface area contributed by atoms with Crippen molar-refractivity contribution >= 4 is 25.9 Å². The Morgan fingerprint density at radius 1 is 1.22 bits per heavy atom. The number of esters is 1. The van der Waals surface area contributed by atoms with Crippen LogP contribution in [0.3, 0.4) is 0 Å². The second kappa shape index (κ2) is 6.63. The first-order valence-corrected chi connectivity index (χ1v) is 12.2. The van der Waals surface area contributed by atoms with E-state index in [9.17, 15) is 9.59 Å². The van der Waals surface area contributed by atoms with E-state index in [1.807, 2.05) is 18.2 Å². The topological polar surface area (TPSA) is 65.1 Å². The van der Waals surface area contributed by atoms with Gasteiger partial charge in [-0.3, -0.25) is 9.59 Å². The molecule has 2 heterocycles. The van der Waals surface area contributed by atoms with Crippen LogP contribution >= 0.6 is 0 Å². The lowest BCUT2D eigenvalue weighted by Gasteiger charge is -2.40. The SMILES string of the molecule is COC(=O)C1C(=O)N2c3cc(OC)ccc3CC2C1O[Si](C)(C)C(C)(C)C. The summed E-state index contributed by atoms with van der Waals surface area (Å²) in [5.74, 6) is -1.01. The average molecular weight is 392 g/mol. The summed E-state index contributed by atoms with van der Waals surface area (Å²) in [7, 11) is 0.724. The van der Waals surface area contributed by atoms with Crippen molar-refractivity contribution in [3.05, 3.63) is 23.8 Å². The fourth-order valence-corrected chi connectivity index (χ4v) is 4.97. The fourth-order valence-electron chi connectivity index (χ4n) is 3.65. The number of anilines is 1. The molecule has 0 bridgehead atoms. The number of hydrogen-bond acceptors (Lipinski definition) is 5. The van der Waals surface area contributed by atoms with E-state index >= 15 is 0 Å². The van der Waals surface area contributed by atoms with Gasteiger partial charge in [-0.1, -0.05) is 26.8 Å². The molecule has 1 saturated heterocycles. The Bertz CT molecular complexity index is 770. The lowest BCUT2D eigenvalue weighted by atomic mass is 9.97. The van der Waals surface area contributed by atoms with Crippen molar-refractivity contribution in [3.8, 4) is 5.75 Å². The maximum Gasteiger partial charge on any atom is 0.320 e. The zero-order chi connectivity index (χ0) is 20.1. The zero-order valence-electron chi connectivity index (χ0n) is 17.2. The van der Waals surface area contributed by atoms with Gasteiger partial charge in [-0.15, -0.1) is 0 Å². The molecule has 7 heteroatoms. The third-order valence-electron chi connectivity index (χ3n) is 6.22. The molecule has 2 aliphatic heterocycles. The maximum atomic E-state index is 13.2. The van der Waals surface area contributed by atoms with Gasteiger partial charge < -0.3 is 18.8 Å². The summed E-state index contributed by atoms with van der Waals surface area (Å²) in [4.78, 5) is 27.4. The number of rotatable bonds is 4. The predicted octanol–water partition coefficient (Wildman–Crippen LogP) is 3.15. The molecule has 3 atom stereocenters. The summed E-state index contributed by atoms with van der Waals surface area (Å²) in [6, 6.07) is 5.54. The molecule has 1 aromatic carbocycles. The molecule has 1 fully saturated rings. The van der Waals surface area contributed by atoms with E-state index in [0.717, 1.165) is 11.3 Å². The number of nitrogens with zero attached hydrogens (tertiary/aromatic N) is 1. The van der Waals surface area contributed by atoms with Gasteiger partial charge in [0.25, 0.3) is 0 Å². The third-order valence-corrected chi connectivity index (χ3v) is 10.7. The van der Waals surface area contributed by atoms with Crippen molar-refractivity contribution in [2.45, 2.75) is 57.5 Å². The number of hydrogen-bond donors (Lipinski definition) is 0. The molecule has 3 unspecified atom stereocenters. The molecular weight excluding hydrogens is 362 g/mol. The van der Waals surface area contributed by atoms with Crippen LogP contribution in [-0.4, -0.2) is 46.6 Å². The minimum absolute atomic E-state index is 0.0290. The molecule has 27 heavy (non-hydrogen) atoms.